The number of pyridine rings is 3. The fraction of sp³-hybridized carbons (Fsp3) is 0.0556. The number of nitrogens with zero attached hydrogens (tertiary/aromatic N) is 3. The van der Waals surface area contributed by atoms with Crippen LogP contribution in [-0.2, 0) is 4.79 Å². The molecule has 1 amide bonds. The second-order valence-corrected chi connectivity index (χ2v) is 7.19. The summed E-state index contributed by atoms with van der Waals surface area (Å²) < 4.78 is 0.467. The van der Waals surface area contributed by atoms with Gasteiger partial charge in [0.05, 0.1) is 16.3 Å². The Balaban J connectivity index is 1.77. The zero-order chi connectivity index (χ0) is 17.4. The lowest BCUT2D eigenvalue weighted by atomic mass is 10.1. The van der Waals surface area contributed by atoms with Gasteiger partial charge in [0.15, 0.2) is 5.65 Å². The fourth-order valence-electron chi connectivity index (χ4n) is 2.59. The molecule has 1 fully saturated rings. The van der Waals surface area contributed by atoms with Gasteiger partial charge < -0.3 is 5.32 Å². The molecule has 1 aliphatic heterocycles. The SMILES string of the molecule is Cc1nc2ncccc2cc1-c1cccc(/C=C2\SC(=S)NC2=O)n1. The van der Waals surface area contributed by atoms with Crippen molar-refractivity contribution in [3.05, 3.63) is 58.9 Å². The molecule has 0 radical (unpaired) electrons. The topological polar surface area (TPSA) is 67.8 Å². The van der Waals surface area contributed by atoms with Crippen molar-refractivity contribution in [2.75, 3.05) is 0 Å². The van der Waals surface area contributed by atoms with E-state index in [1.807, 2.05) is 43.3 Å². The lowest BCUT2D eigenvalue weighted by Crippen LogP contribution is -2.17. The number of rotatable bonds is 2. The number of aromatic nitrogens is 3. The van der Waals surface area contributed by atoms with Gasteiger partial charge in [-0.25, -0.2) is 15.0 Å². The molecule has 4 rings (SSSR count). The maximum absolute atomic E-state index is 11.8. The third-order valence-corrected chi connectivity index (χ3v) is 4.91. The molecule has 3 aromatic rings. The van der Waals surface area contributed by atoms with E-state index in [0.29, 0.717) is 14.9 Å². The van der Waals surface area contributed by atoms with Gasteiger partial charge in [0.25, 0.3) is 5.91 Å². The van der Waals surface area contributed by atoms with Crippen molar-refractivity contribution in [2.24, 2.45) is 0 Å². The minimum atomic E-state index is -0.183. The minimum absolute atomic E-state index is 0.183. The average molecular weight is 364 g/mol. The number of hydrogen-bond acceptors (Lipinski definition) is 6. The predicted octanol–water partition coefficient (Wildman–Crippen LogP) is 3.49. The van der Waals surface area contributed by atoms with E-state index in [0.717, 1.165) is 28.0 Å². The molecule has 122 valence electrons. The number of carbonyl (C=O) groups excluding carboxylic acids is 1. The van der Waals surface area contributed by atoms with Crippen molar-refractivity contribution in [3.63, 3.8) is 0 Å². The summed E-state index contributed by atoms with van der Waals surface area (Å²) in [6.07, 6.45) is 3.47. The Bertz CT molecular complexity index is 1060. The second kappa shape index (κ2) is 6.34. The third kappa shape index (κ3) is 3.16. The summed E-state index contributed by atoms with van der Waals surface area (Å²) in [5.74, 6) is -0.183. The molecule has 0 atom stereocenters. The Morgan fingerprint density at radius 3 is 2.88 bits per heavy atom. The molecule has 7 heteroatoms. The highest BCUT2D eigenvalue weighted by Gasteiger charge is 2.22. The lowest BCUT2D eigenvalue weighted by molar-refractivity contribution is -0.115. The zero-order valence-corrected chi connectivity index (χ0v) is 14.8. The monoisotopic (exact) mass is 364 g/mol. The van der Waals surface area contributed by atoms with E-state index in [4.69, 9.17) is 12.2 Å². The molecule has 0 spiro atoms. The van der Waals surface area contributed by atoms with Crippen LogP contribution >= 0.6 is 24.0 Å². The molecule has 3 aromatic heterocycles. The Labute approximate surface area is 153 Å². The highest BCUT2D eigenvalue weighted by Crippen LogP contribution is 2.27. The quantitative estimate of drug-likeness (QED) is 0.555. The molecule has 1 aliphatic rings. The predicted molar refractivity (Wildman–Crippen MR) is 104 cm³/mol. The summed E-state index contributed by atoms with van der Waals surface area (Å²) in [4.78, 5) is 25.9. The summed E-state index contributed by atoms with van der Waals surface area (Å²) in [7, 11) is 0. The van der Waals surface area contributed by atoms with Gasteiger partial charge in [-0.05, 0) is 43.3 Å². The number of thiocarbonyl (C=S) groups is 1. The van der Waals surface area contributed by atoms with Crippen LogP contribution in [0, 0.1) is 6.92 Å². The van der Waals surface area contributed by atoms with E-state index in [9.17, 15) is 4.79 Å². The van der Waals surface area contributed by atoms with Gasteiger partial charge in [0.2, 0.25) is 0 Å². The molecule has 1 saturated heterocycles. The first-order valence-corrected chi connectivity index (χ1v) is 8.77. The molecule has 4 heterocycles. The Hall–Kier alpha value is -2.64. The average Bonchev–Trinajstić information content (AvgIpc) is 2.91. The number of fused-ring (bicyclic) bond motifs is 1. The van der Waals surface area contributed by atoms with E-state index in [-0.39, 0.29) is 5.91 Å². The number of nitrogens with one attached hydrogen (secondary N) is 1. The van der Waals surface area contributed by atoms with Crippen LogP contribution in [0.15, 0.2) is 47.5 Å². The van der Waals surface area contributed by atoms with Gasteiger partial charge in [-0.1, -0.05) is 30.0 Å². The van der Waals surface area contributed by atoms with Crippen LogP contribution < -0.4 is 5.32 Å². The standard InChI is InChI=1S/C18H12N4OS2/c1-10-13(8-11-4-3-7-19-16(11)20-10)14-6-2-5-12(21-14)9-15-17(23)22-18(24)25-15/h2-9H,1H3,(H,22,23,24)/b15-9-. The molecule has 5 nitrogen and oxygen atoms in total. The van der Waals surface area contributed by atoms with Crippen molar-refractivity contribution in [1.29, 1.82) is 0 Å². The van der Waals surface area contributed by atoms with Crippen LogP contribution in [0.4, 0.5) is 0 Å². The van der Waals surface area contributed by atoms with Crippen molar-refractivity contribution in [2.45, 2.75) is 6.92 Å². The fourth-order valence-corrected chi connectivity index (χ4v) is 3.62. The van der Waals surface area contributed by atoms with Crippen LogP contribution in [0.3, 0.4) is 0 Å². The summed E-state index contributed by atoms with van der Waals surface area (Å²) in [6.45, 7) is 1.94. The van der Waals surface area contributed by atoms with Gasteiger partial charge in [-0.2, -0.15) is 0 Å². The first-order chi connectivity index (χ1) is 12.1. The van der Waals surface area contributed by atoms with Crippen LogP contribution in [0.5, 0.6) is 0 Å². The number of carbonyl (C=O) groups is 1. The molecular formula is C18H12N4OS2. The Morgan fingerprint density at radius 1 is 1.20 bits per heavy atom. The van der Waals surface area contributed by atoms with Crippen LogP contribution in [0.1, 0.15) is 11.4 Å². The van der Waals surface area contributed by atoms with Crippen molar-refractivity contribution < 1.29 is 4.79 Å². The molecule has 0 saturated carbocycles. The van der Waals surface area contributed by atoms with E-state index in [1.165, 1.54) is 11.8 Å². The molecule has 0 unspecified atom stereocenters. The minimum Gasteiger partial charge on any atom is -0.307 e. The maximum atomic E-state index is 11.8. The maximum Gasteiger partial charge on any atom is 0.263 e. The largest absolute Gasteiger partial charge is 0.307 e. The van der Waals surface area contributed by atoms with Gasteiger partial charge in [0.1, 0.15) is 4.32 Å². The molecule has 25 heavy (non-hydrogen) atoms. The molecule has 0 aliphatic carbocycles. The normalized spacial score (nSPS) is 15.8. The van der Waals surface area contributed by atoms with E-state index >= 15 is 0 Å². The zero-order valence-electron chi connectivity index (χ0n) is 13.2. The first kappa shape index (κ1) is 15.9. The number of amides is 1. The first-order valence-electron chi connectivity index (χ1n) is 7.55. The Kier molecular flexibility index (Phi) is 4.03. The van der Waals surface area contributed by atoms with Gasteiger partial charge in [-0.3, -0.25) is 4.79 Å². The van der Waals surface area contributed by atoms with E-state index in [2.05, 4.69) is 20.3 Å². The lowest BCUT2D eigenvalue weighted by Gasteiger charge is -2.07. The van der Waals surface area contributed by atoms with Gasteiger partial charge in [-0.15, -0.1) is 0 Å². The second-order valence-electron chi connectivity index (χ2n) is 5.47. The number of hydrogen-bond donors (Lipinski definition) is 1. The molecule has 0 aromatic carbocycles. The molecule has 1 N–H and O–H groups in total. The molecule has 0 bridgehead atoms. The van der Waals surface area contributed by atoms with Crippen molar-refractivity contribution in [1.82, 2.24) is 20.3 Å². The molecular weight excluding hydrogens is 352 g/mol. The van der Waals surface area contributed by atoms with Gasteiger partial charge in [0, 0.05) is 22.8 Å². The van der Waals surface area contributed by atoms with Crippen LogP contribution in [0.2, 0.25) is 0 Å². The van der Waals surface area contributed by atoms with E-state index < -0.39 is 0 Å². The summed E-state index contributed by atoms with van der Waals surface area (Å²) >= 11 is 6.26. The smallest absolute Gasteiger partial charge is 0.263 e. The van der Waals surface area contributed by atoms with E-state index in [1.54, 1.807) is 12.3 Å². The number of thioether (sulfide) groups is 1. The highest BCUT2D eigenvalue weighted by atomic mass is 32.2. The summed E-state index contributed by atoms with van der Waals surface area (Å²) in [5, 5.41) is 3.57. The van der Waals surface area contributed by atoms with Crippen molar-refractivity contribution >= 4 is 51.3 Å². The summed E-state index contributed by atoms with van der Waals surface area (Å²) in [5.41, 5.74) is 4.02. The third-order valence-electron chi connectivity index (χ3n) is 3.75. The highest BCUT2D eigenvalue weighted by molar-refractivity contribution is 8.26. The van der Waals surface area contributed by atoms with Gasteiger partial charge >= 0.3 is 0 Å². The summed E-state index contributed by atoms with van der Waals surface area (Å²) in [6, 6.07) is 11.6. The number of aryl methyl sites for hydroxylation is 1. The Morgan fingerprint density at radius 2 is 2.08 bits per heavy atom. The van der Waals surface area contributed by atoms with Crippen molar-refractivity contribution in [3.8, 4) is 11.3 Å². The van der Waals surface area contributed by atoms with Crippen LogP contribution in [-0.4, -0.2) is 25.2 Å². The van der Waals surface area contributed by atoms with Crippen LogP contribution in [0.25, 0.3) is 28.4 Å².